The number of nitro groups is 1. The van der Waals surface area contributed by atoms with Gasteiger partial charge in [0.2, 0.25) is 11.7 Å². The van der Waals surface area contributed by atoms with Crippen molar-refractivity contribution in [2.24, 2.45) is 5.92 Å². The number of alkyl carbamates (subject to hydrolysis) is 1. The zero-order valence-corrected chi connectivity index (χ0v) is 30.4. The number of hydrogen-bond donors (Lipinski definition) is 3. The van der Waals surface area contributed by atoms with Crippen molar-refractivity contribution in [3.05, 3.63) is 80.4 Å². The Kier molecular flexibility index (Phi) is 11.3. The summed E-state index contributed by atoms with van der Waals surface area (Å²) in [5.41, 5.74) is -3.37. The van der Waals surface area contributed by atoms with Gasteiger partial charge in [0.25, 0.3) is 0 Å². The van der Waals surface area contributed by atoms with Crippen molar-refractivity contribution >= 4 is 46.8 Å². The molecule has 286 valence electrons. The van der Waals surface area contributed by atoms with Crippen molar-refractivity contribution in [3.63, 3.8) is 0 Å². The molecular weight excluding hydrogens is 726 g/mol. The smallest absolute Gasteiger partial charge is 0.412 e. The van der Waals surface area contributed by atoms with Crippen LogP contribution in [0.1, 0.15) is 39.2 Å². The molecule has 0 radical (unpaired) electrons. The molecule has 7 atom stereocenters. The highest BCUT2D eigenvalue weighted by molar-refractivity contribution is 6.35. The molecule has 2 fully saturated rings. The lowest BCUT2D eigenvalue weighted by molar-refractivity contribution is -0.387. The van der Waals surface area contributed by atoms with Crippen molar-refractivity contribution in [2.75, 3.05) is 31.5 Å². The molecule has 3 heterocycles. The molecule has 3 N–H and O–H groups in total. The quantitative estimate of drug-likeness (QED) is 0.196. The van der Waals surface area contributed by atoms with Crippen molar-refractivity contribution in [2.45, 2.75) is 75.8 Å². The number of hydrogen-bond acceptors (Lipinski definition) is 11. The van der Waals surface area contributed by atoms with Gasteiger partial charge in [-0.3, -0.25) is 25.5 Å². The van der Waals surface area contributed by atoms with Crippen LogP contribution < -0.4 is 20.3 Å². The average molecular weight is 765 g/mol. The summed E-state index contributed by atoms with van der Waals surface area (Å²) in [6.45, 7) is 5.10. The number of nitrogens with zero attached hydrogens (tertiary/aromatic N) is 2. The second-order valence-electron chi connectivity index (χ2n) is 13.4. The van der Waals surface area contributed by atoms with E-state index >= 15 is 0 Å². The highest BCUT2D eigenvalue weighted by Gasteiger charge is 2.64. The summed E-state index contributed by atoms with van der Waals surface area (Å²) in [7, 11) is 4.26. The van der Waals surface area contributed by atoms with Crippen molar-refractivity contribution < 1.29 is 56.9 Å². The third-order valence-corrected chi connectivity index (χ3v) is 10.0. The molecule has 5 rings (SSSR count). The highest BCUT2D eigenvalue weighted by atomic mass is 35.5. The third-order valence-electron chi connectivity index (χ3n) is 9.67. The van der Waals surface area contributed by atoms with Crippen LogP contribution in [0.15, 0.2) is 48.1 Å². The predicted molar refractivity (Wildman–Crippen MR) is 186 cm³/mol. The van der Waals surface area contributed by atoms with Crippen LogP contribution in [0.25, 0.3) is 0 Å². The first-order chi connectivity index (χ1) is 24.9. The number of ether oxygens (including phenoxy) is 5. The van der Waals surface area contributed by atoms with E-state index in [2.05, 4.69) is 5.32 Å². The van der Waals surface area contributed by atoms with Crippen LogP contribution in [-0.4, -0.2) is 85.1 Å². The number of benzene rings is 2. The minimum Gasteiger partial charge on any atom is -0.495 e. The van der Waals surface area contributed by atoms with Crippen molar-refractivity contribution in [1.82, 2.24) is 5.32 Å². The fraction of sp³-hybridized carbons (Fsp3) is 0.457. The molecule has 2 aromatic rings. The number of fused-ring (bicyclic) bond motifs is 5. The Morgan fingerprint density at radius 1 is 1.21 bits per heavy atom. The number of epoxide rings is 1. The average Bonchev–Trinajstić information content (AvgIpc) is 3.78. The van der Waals surface area contributed by atoms with Crippen molar-refractivity contribution in [3.8, 4) is 5.75 Å². The number of allylic oxidation sites excluding steroid dienone is 3. The maximum absolute atomic E-state index is 14.7. The lowest BCUT2D eigenvalue weighted by Crippen LogP contribution is -2.63. The number of nitro benzene ring substituents is 1. The number of rotatable bonds is 5. The number of nitrogens with one attached hydrogen (secondary N) is 2. The van der Waals surface area contributed by atoms with Gasteiger partial charge in [0, 0.05) is 32.6 Å². The van der Waals surface area contributed by atoms with Crippen LogP contribution >= 0.6 is 11.6 Å². The molecular formula is C35H39ClF2N4O11. The second-order valence-corrected chi connectivity index (χ2v) is 13.7. The molecule has 2 aromatic carbocycles. The van der Waals surface area contributed by atoms with E-state index in [1.54, 1.807) is 44.2 Å². The summed E-state index contributed by atoms with van der Waals surface area (Å²) in [4.78, 5) is 51.2. The minimum atomic E-state index is -1.91. The lowest BCUT2D eigenvalue weighted by Gasteiger charge is -2.42. The molecule has 18 heteroatoms. The standard InChI is InChI=1S/C35H39ClF2N4O11/c1-17-8-7-9-27(50-6)35(46)16-26(51-33(45)40-35)18(2)31-34(3,53-31)28(52-32(44)39-22-13-21(38)23(42(47)48)14-20(22)37)15-29(43)41(4)24-11-19(10-17)12-25(49-5)30(24)36/h7-9,11-14,18,26-28,31,46H,10,15-16H2,1-6H3,(H,39,44)(H,40,45)/b9-7+,17-8+/t18-,26+,27-,28+,31+,34+,35+/m1/s1. The number of aliphatic hydroxyl groups is 1. The molecule has 0 spiro atoms. The van der Waals surface area contributed by atoms with Crippen LogP contribution in [0.3, 0.4) is 0 Å². The van der Waals surface area contributed by atoms with Gasteiger partial charge in [0.05, 0.1) is 42.0 Å². The lowest BCUT2D eigenvalue weighted by atomic mass is 9.83. The second kappa shape index (κ2) is 15.3. The summed E-state index contributed by atoms with van der Waals surface area (Å²) in [6, 6.07) is 4.14. The Balaban J connectivity index is 1.54. The van der Waals surface area contributed by atoms with Gasteiger partial charge in [-0.25, -0.2) is 14.0 Å². The van der Waals surface area contributed by atoms with E-state index in [1.165, 1.54) is 26.2 Å². The Morgan fingerprint density at radius 3 is 2.58 bits per heavy atom. The molecule has 0 aromatic heterocycles. The van der Waals surface area contributed by atoms with Gasteiger partial charge in [-0.1, -0.05) is 42.3 Å². The molecule has 2 saturated heterocycles. The highest BCUT2D eigenvalue weighted by Crippen LogP contribution is 2.49. The monoisotopic (exact) mass is 764 g/mol. The van der Waals surface area contributed by atoms with Crippen molar-refractivity contribution in [1.29, 1.82) is 0 Å². The molecule has 0 unspecified atom stereocenters. The molecule has 3 aliphatic heterocycles. The normalized spacial score (nSPS) is 30.5. The number of halogens is 3. The fourth-order valence-corrected chi connectivity index (χ4v) is 6.96. The zero-order chi connectivity index (χ0) is 39.0. The maximum Gasteiger partial charge on any atom is 0.412 e. The molecule has 15 nitrogen and oxygen atoms in total. The third kappa shape index (κ3) is 8.22. The summed E-state index contributed by atoms with van der Waals surface area (Å²) >= 11 is 6.67. The van der Waals surface area contributed by atoms with E-state index < -0.39 is 94.1 Å². The van der Waals surface area contributed by atoms with E-state index in [-0.39, 0.29) is 22.9 Å². The number of carbonyl (C=O) groups is 3. The van der Waals surface area contributed by atoms with Crippen LogP contribution in [0.4, 0.5) is 35.4 Å². The fourth-order valence-electron chi connectivity index (χ4n) is 6.65. The van der Waals surface area contributed by atoms with Gasteiger partial charge in [0.15, 0.2) is 11.5 Å². The van der Waals surface area contributed by atoms with E-state index in [0.717, 1.165) is 11.1 Å². The van der Waals surface area contributed by atoms with E-state index in [1.807, 2.05) is 12.2 Å². The van der Waals surface area contributed by atoms with Crippen LogP contribution in [0, 0.1) is 27.7 Å². The summed E-state index contributed by atoms with van der Waals surface area (Å²) < 4.78 is 57.4. The molecule has 3 aliphatic rings. The predicted octanol–water partition coefficient (Wildman–Crippen LogP) is 5.56. The molecule has 3 amide bonds. The summed E-state index contributed by atoms with van der Waals surface area (Å²) in [6.07, 6.45) is -1.66. The molecule has 0 aliphatic carbocycles. The van der Waals surface area contributed by atoms with Gasteiger partial charge in [0.1, 0.15) is 34.7 Å². The zero-order valence-electron chi connectivity index (χ0n) is 29.6. The Labute approximate surface area is 307 Å². The first kappa shape index (κ1) is 39.4. The van der Waals surface area contributed by atoms with E-state index in [4.69, 9.17) is 35.3 Å². The summed E-state index contributed by atoms with van der Waals surface area (Å²) in [5.74, 6) is -3.71. The van der Waals surface area contributed by atoms with Crippen LogP contribution in [-0.2, 0) is 30.2 Å². The van der Waals surface area contributed by atoms with Gasteiger partial charge < -0.3 is 33.7 Å². The Bertz CT molecular complexity index is 1880. The number of anilines is 2. The Morgan fingerprint density at radius 2 is 1.92 bits per heavy atom. The molecule has 0 saturated carbocycles. The molecule has 53 heavy (non-hydrogen) atoms. The van der Waals surface area contributed by atoms with E-state index in [9.17, 15) is 38.4 Å². The number of amides is 3. The largest absolute Gasteiger partial charge is 0.495 e. The van der Waals surface area contributed by atoms with Crippen LogP contribution in [0.2, 0.25) is 5.02 Å². The minimum absolute atomic E-state index is 0.128. The topological polar surface area (TPSA) is 191 Å². The Hall–Kier alpha value is -4.84. The van der Waals surface area contributed by atoms with Gasteiger partial charge in [-0.2, -0.15) is 4.39 Å². The molecule has 4 bridgehead atoms. The number of methoxy groups -OCH3 is 2. The van der Waals surface area contributed by atoms with Gasteiger partial charge >= 0.3 is 17.9 Å². The maximum atomic E-state index is 14.7. The SMILES string of the molecule is COc1cc2cc(c1Cl)N(C)C(=O)C[C@H](OC(=O)Nc1cc(F)c([N+](=O)[O-])cc1F)[C@]1(C)O[C@H]1[C@H](C)[C@@H]1C[C@@](O)(NC(=O)O1)[C@H](OC)/C=C/C=C(\C)C2. The number of carbonyl (C=O) groups excluding carboxylic acids is 3. The van der Waals surface area contributed by atoms with Gasteiger partial charge in [-0.15, -0.1) is 0 Å². The van der Waals surface area contributed by atoms with E-state index in [0.29, 0.717) is 18.6 Å². The van der Waals surface area contributed by atoms with Gasteiger partial charge in [-0.05, 0) is 38.0 Å². The summed E-state index contributed by atoms with van der Waals surface area (Å²) in [5, 5.41) is 27.3. The van der Waals surface area contributed by atoms with Crippen LogP contribution in [0.5, 0.6) is 5.75 Å². The first-order valence-corrected chi connectivity index (χ1v) is 16.8. The first-order valence-electron chi connectivity index (χ1n) is 16.4.